The number of nitrogens with one attached hydrogen (secondary N) is 1. The van der Waals surface area contributed by atoms with Gasteiger partial charge in [-0.05, 0) is 37.1 Å². The highest BCUT2D eigenvalue weighted by molar-refractivity contribution is 5.55. The summed E-state index contributed by atoms with van der Waals surface area (Å²) >= 11 is 0. The number of halogens is 3. The molecule has 1 aromatic carbocycles. The fourth-order valence-electron chi connectivity index (χ4n) is 2.53. The third kappa shape index (κ3) is 7.79. The molecule has 0 saturated carbocycles. The van der Waals surface area contributed by atoms with Crippen molar-refractivity contribution in [3.8, 4) is 11.6 Å². The number of unbranched alkanes of at least 4 members (excludes halogenated alkanes) is 4. The van der Waals surface area contributed by atoms with Crippen molar-refractivity contribution >= 4 is 11.6 Å². The Balaban J connectivity index is 2.00. The molecule has 0 amide bonds. The number of ether oxygens (including phenoxy) is 2. The molecule has 0 spiro atoms. The molecule has 160 valence electrons. The Morgan fingerprint density at radius 3 is 2.24 bits per heavy atom. The first-order chi connectivity index (χ1) is 13.9. The van der Waals surface area contributed by atoms with E-state index in [1.807, 2.05) is 6.92 Å². The molecule has 0 saturated heterocycles. The number of aromatic nitrogens is 2. The summed E-state index contributed by atoms with van der Waals surface area (Å²) in [6, 6.07) is 7.12. The Bertz CT molecular complexity index is 737. The van der Waals surface area contributed by atoms with Crippen molar-refractivity contribution in [3.05, 3.63) is 36.0 Å². The first kappa shape index (κ1) is 22.8. The van der Waals surface area contributed by atoms with Crippen LogP contribution in [0.15, 0.2) is 30.5 Å². The lowest BCUT2D eigenvalue weighted by molar-refractivity contribution is -0.139. The van der Waals surface area contributed by atoms with Gasteiger partial charge in [-0.2, -0.15) is 18.2 Å². The molecule has 0 fully saturated rings. The molecule has 1 heterocycles. The Kier molecular flexibility index (Phi) is 9.02. The lowest BCUT2D eigenvalue weighted by Gasteiger charge is -2.14. The fourth-order valence-corrected chi connectivity index (χ4v) is 2.53. The van der Waals surface area contributed by atoms with Crippen molar-refractivity contribution in [2.75, 3.05) is 18.5 Å². The fraction of sp³-hybridized carbons (Fsp3) is 0.524. The van der Waals surface area contributed by atoms with Crippen molar-refractivity contribution in [1.82, 2.24) is 9.97 Å². The van der Waals surface area contributed by atoms with Crippen LogP contribution in [0.5, 0.6) is 11.6 Å². The quantitative estimate of drug-likeness (QED) is 0.411. The van der Waals surface area contributed by atoms with Crippen LogP contribution in [0.25, 0.3) is 0 Å². The summed E-state index contributed by atoms with van der Waals surface area (Å²) in [6.07, 6.45) is 2.15. The highest BCUT2D eigenvalue weighted by atomic mass is 19.4. The van der Waals surface area contributed by atoms with Crippen molar-refractivity contribution in [2.45, 2.75) is 58.5 Å². The molecule has 29 heavy (non-hydrogen) atoms. The molecule has 0 atom stereocenters. The van der Waals surface area contributed by atoms with Gasteiger partial charge in [0, 0.05) is 11.9 Å². The van der Waals surface area contributed by atoms with Gasteiger partial charge in [-0.25, -0.2) is 4.98 Å². The molecule has 2 rings (SSSR count). The molecular formula is C21H28F3N3O2. The Labute approximate surface area is 169 Å². The van der Waals surface area contributed by atoms with Gasteiger partial charge < -0.3 is 14.8 Å². The van der Waals surface area contributed by atoms with Gasteiger partial charge in [0.1, 0.15) is 11.3 Å². The number of benzene rings is 1. The van der Waals surface area contributed by atoms with Crippen LogP contribution in [0.4, 0.5) is 24.8 Å². The summed E-state index contributed by atoms with van der Waals surface area (Å²) in [6.45, 7) is 4.92. The van der Waals surface area contributed by atoms with Gasteiger partial charge in [-0.15, -0.1) is 0 Å². The second kappa shape index (κ2) is 11.5. The Morgan fingerprint density at radius 2 is 1.59 bits per heavy atom. The predicted octanol–water partition coefficient (Wildman–Crippen LogP) is 6.38. The van der Waals surface area contributed by atoms with E-state index >= 15 is 0 Å². The van der Waals surface area contributed by atoms with Gasteiger partial charge in [0.05, 0.1) is 13.2 Å². The van der Waals surface area contributed by atoms with Crippen molar-refractivity contribution in [2.24, 2.45) is 0 Å². The van der Waals surface area contributed by atoms with Crippen LogP contribution in [0.2, 0.25) is 0 Å². The Morgan fingerprint density at radius 1 is 0.897 bits per heavy atom. The van der Waals surface area contributed by atoms with Crippen molar-refractivity contribution in [1.29, 1.82) is 0 Å². The molecular weight excluding hydrogens is 383 g/mol. The van der Waals surface area contributed by atoms with Gasteiger partial charge in [0.25, 0.3) is 0 Å². The second-order valence-electron chi connectivity index (χ2n) is 6.67. The molecule has 0 bridgehead atoms. The molecule has 1 N–H and O–H groups in total. The number of hydrogen-bond donors (Lipinski definition) is 1. The standard InChI is InChI=1S/C21H28F3N3O2/c1-3-5-7-8-14-28-17-11-9-16(10-12-17)26-20-25-15-18(21(22,23)24)19(27-20)29-13-6-4-2/h9-12,15H,3-8,13-14H2,1-2H3,(H,25,26,27). The van der Waals surface area contributed by atoms with Crippen LogP contribution in [0, 0.1) is 0 Å². The van der Waals surface area contributed by atoms with E-state index in [0.717, 1.165) is 31.2 Å². The minimum atomic E-state index is -4.57. The van der Waals surface area contributed by atoms with Crippen LogP contribution in [0.1, 0.15) is 57.9 Å². The largest absolute Gasteiger partial charge is 0.494 e. The predicted molar refractivity (Wildman–Crippen MR) is 107 cm³/mol. The van der Waals surface area contributed by atoms with Crippen LogP contribution >= 0.6 is 0 Å². The molecule has 0 aliphatic heterocycles. The second-order valence-corrected chi connectivity index (χ2v) is 6.67. The highest BCUT2D eigenvalue weighted by Gasteiger charge is 2.36. The van der Waals surface area contributed by atoms with Gasteiger partial charge in [0.15, 0.2) is 0 Å². The number of nitrogens with zero attached hydrogens (tertiary/aromatic N) is 2. The summed E-state index contributed by atoms with van der Waals surface area (Å²) in [4.78, 5) is 7.69. The van der Waals surface area contributed by atoms with Gasteiger partial charge in [-0.3, -0.25) is 0 Å². The number of rotatable bonds is 12. The van der Waals surface area contributed by atoms with Crippen LogP contribution in [-0.2, 0) is 6.18 Å². The maximum absolute atomic E-state index is 13.1. The van der Waals surface area contributed by atoms with E-state index in [1.165, 1.54) is 12.8 Å². The normalized spacial score (nSPS) is 11.3. The van der Waals surface area contributed by atoms with E-state index in [1.54, 1.807) is 24.3 Å². The van der Waals surface area contributed by atoms with E-state index in [0.29, 0.717) is 18.7 Å². The number of anilines is 2. The van der Waals surface area contributed by atoms with Crippen molar-refractivity contribution in [3.63, 3.8) is 0 Å². The lowest BCUT2D eigenvalue weighted by Crippen LogP contribution is -2.13. The molecule has 8 heteroatoms. The smallest absolute Gasteiger partial charge is 0.423 e. The van der Waals surface area contributed by atoms with Crippen LogP contribution in [-0.4, -0.2) is 23.2 Å². The van der Waals surface area contributed by atoms with Gasteiger partial charge >= 0.3 is 6.18 Å². The van der Waals surface area contributed by atoms with E-state index in [2.05, 4.69) is 22.2 Å². The van der Waals surface area contributed by atoms with Gasteiger partial charge in [-0.1, -0.05) is 39.5 Å². The summed E-state index contributed by atoms with van der Waals surface area (Å²) < 4.78 is 50.3. The van der Waals surface area contributed by atoms with Crippen LogP contribution < -0.4 is 14.8 Å². The van der Waals surface area contributed by atoms with Crippen LogP contribution in [0.3, 0.4) is 0 Å². The average molecular weight is 411 g/mol. The van der Waals surface area contributed by atoms with E-state index < -0.39 is 17.6 Å². The minimum Gasteiger partial charge on any atom is -0.494 e. The average Bonchev–Trinajstić information content (AvgIpc) is 2.68. The third-order valence-corrected chi connectivity index (χ3v) is 4.17. The molecule has 0 radical (unpaired) electrons. The zero-order valence-electron chi connectivity index (χ0n) is 16.9. The zero-order valence-corrected chi connectivity index (χ0v) is 16.9. The first-order valence-electron chi connectivity index (χ1n) is 10.0. The summed E-state index contributed by atoms with van der Waals surface area (Å²) in [5.41, 5.74) is -0.339. The zero-order chi connectivity index (χ0) is 21.1. The molecule has 0 aliphatic carbocycles. The van der Waals surface area contributed by atoms with Crippen molar-refractivity contribution < 1.29 is 22.6 Å². The molecule has 2 aromatic rings. The number of hydrogen-bond acceptors (Lipinski definition) is 5. The summed E-state index contributed by atoms with van der Waals surface area (Å²) in [5.74, 6) is 0.317. The van der Waals surface area contributed by atoms with E-state index in [-0.39, 0.29) is 12.6 Å². The third-order valence-electron chi connectivity index (χ3n) is 4.17. The molecule has 0 unspecified atom stereocenters. The minimum absolute atomic E-state index is 0.0396. The number of alkyl halides is 3. The molecule has 0 aliphatic rings. The lowest BCUT2D eigenvalue weighted by atomic mass is 10.2. The summed E-state index contributed by atoms with van der Waals surface area (Å²) in [5, 5.41) is 2.90. The Hall–Kier alpha value is -2.51. The molecule has 1 aromatic heterocycles. The maximum atomic E-state index is 13.1. The topological polar surface area (TPSA) is 56.3 Å². The molecule has 5 nitrogen and oxygen atoms in total. The SMILES string of the molecule is CCCCCCOc1ccc(Nc2ncc(C(F)(F)F)c(OCCCC)n2)cc1. The van der Waals surface area contributed by atoms with E-state index in [4.69, 9.17) is 9.47 Å². The first-order valence-corrected chi connectivity index (χ1v) is 10.0. The monoisotopic (exact) mass is 411 g/mol. The maximum Gasteiger partial charge on any atom is 0.423 e. The summed E-state index contributed by atoms with van der Waals surface area (Å²) in [7, 11) is 0. The highest BCUT2D eigenvalue weighted by Crippen LogP contribution is 2.35. The van der Waals surface area contributed by atoms with Gasteiger partial charge in [0.2, 0.25) is 11.8 Å². The van der Waals surface area contributed by atoms with E-state index in [9.17, 15) is 13.2 Å².